The second-order valence-corrected chi connectivity index (χ2v) is 30.1. The smallest absolute Gasteiger partial charge is 0.463 e. The number of ether oxygens (including phenoxy) is 7. The van der Waals surface area contributed by atoms with Crippen LogP contribution in [0, 0.1) is 5.92 Å². The predicted octanol–water partition coefficient (Wildman–Crippen LogP) is 11.4. The van der Waals surface area contributed by atoms with Crippen LogP contribution in [0.4, 0.5) is 0 Å². The van der Waals surface area contributed by atoms with Gasteiger partial charge in [-0.05, 0) is 50.9 Å². The molecule has 3 rings (SSSR count). The van der Waals surface area contributed by atoms with E-state index in [0.717, 1.165) is 96.3 Å². The summed E-state index contributed by atoms with van der Waals surface area (Å²) < 4.78 is 65.1. The Morgan fingerprint density at radius 1 is 0.410 bits per heavy atom. The molecule has 2 saturated heterocycles. The van der Waals surface area contributed by atoms with Crippen LogP contribution in [0.3, 0.4) is 0 Å². The highest BCUT2D eigenvalue weighted by atomic mass is 31.2. The molecule has 19 atom stereocenters. The fourth-order valence-electron chi connectivity index (χ4n) is 13.2. The summed E-state index contributed by atoms with van der Waals surface area (Å²) in [5.74, 6) is -1.30. The maximum Gasteiger partial charge on any atom is 0.472 e. The summed E-state index contributed by atoms with van der Waals surface area (Å²) in [6.45, 7) is 5.77. The first-order chi connectivity index (χ1) is 48.2. The van der Waals surface area contributed by atoms with Crippen LogP contribution >= 0.6 is 7.82 Å². The van der Waals surface area contributed by atoms with Crippen molar-refractivity contribution in [3.63, 3.8) is 0 Å². The monoisotopic (exact) mass is 1450 g/mol. The van der Waals surface area contributed by atoms with Crippen LogP contribution in [0.1, 0.15) is 310 Å². The molecule has 100 heavy (non-hydrogen) atoms. The van der Waals surface area contributed by atoms with Crippen LogP contribution in [-0.4, -0.2) is 204 Å². The van der Waals surface area contributed by atoms with Crippen molar-refractivity contribution in [3.8, 4) is 0 Å². The number of rotatable bonds is 61. The molecule has 3 fully saturated rings. The highest BCUT2D eigenvalue weighted by molar-refractivity contribution is 7.47. The molecule has 0 aromatic carbocycles. The molecule has 0 spiro atoms. The Hall–Kier alpha value is -2.30. The first kappa shape index (κ1) is 91.9. The fraction of sp³-hybridized carbons (Fsp3) is 0.933. The summed E-state index contributed by atoms with van der Waals surface area (Å²) in [5.41, 5.74) is 0. The number of unbranched alkanes of at least 4 members (excludes halogenated alkanes) is 34. The molecule has 0 aromatic heterocycles. The molecular weight excluding hydrogens is 1320 g/mol. The molecule has 2 aliphatic heterocycles. The third-order valence-electron chi connectivity index (χ3n) is 19.7. The van der Waals surface area contributed by atoms with E-state index in [1.165, 1.54) is 148 Å². The molecule has 25 heteroatoms. The van der Waals surface area contributed by atoms with E-state index in [-0.39, 0.29) is 19.3 Å². The van der Waals surface area contributed by atoms with Gasteiger partial charge in [0.05, 0.1) is 13.2 Å². The Morgan fingerprint density at radius 3 is 1.19 bits per heavy atom. The van der Waals surface area contributed by atoms with Crippen LogP contribution in [-0.2, 0) is 61.2 Å². The van der Waals surface area contributed by atoms with Crippen molar-refractivity contribution in [3.05, 3.63) is 12.2 Å². The van der Waals surface area contributed by atoms with Crippen molar-refractivity contribution in [2.24, 2.45) is 5.92 Å². The number of hydrogen-bond acceptors (Lipinski definition) is 23. The average molecular weight is 1460 g/mol. The maximum atomic E-state index is 14.4. The lowest BCUT2D eigenvalue weighted by atomic mass is 9.84. The van der Waals surface area contributed by atoms with Gasteiger partial charge in [0, 0.05) is 19.3 Å². The van der Waals surface area contributed by atoms with Crippen molar-refractivity contribution in [2.45, 2.75) is 414 Å². The topological polar surface area (TPSA) is 374 Å². The number of carbonyl (C=O) groups is 3. The minimum absolute atomic E-state index is 0.0276. The molecule has 1 saturated carbocycles. The summed E-state index contributed by atoms with van der Waals surface area (Å²) in [7, 11) is -5.70. The third-order valence-corrected chi connectivity index (χ3v) is 20.7. The van der Waals surface area contributed by atoms with Gasteiger partial charge in [-0.1, -0.05) is 258 Å². The Balaban J connectivity index is 1.73. The molecule has 24 nitrogen and oxygen atoms in total. The number of phosphoric acid groups is 1. The van der Waals surface area contributed by atoms with Gasteiger partial charge in [0.15, 0.2) is 18.7 Å². The number of aliphatic hydroxyl groups excluding tert-OH is 10. The van der Waals surface area contributed by atoms with Crippen molar-refractivity contribution >= 4 is 25.7 Å². The maximum absolute atomic E-state index is 14.4. The molecule has 1 aliphatic carbocycles. The Labute approximate surface area is 599 Å². The highest BCUT2D eigenvalue weighted by Gasteiger charge is 2.58. The Morgan fingerprint density at radius 2 is 0.760 bits per heavy atom. The van der Waals surface area contributed by atoms with Crippen LogP contribution in [0.25, 0.3) is 0 Å². The molecule has 11 N–H and O–H groups in total. The molecule has 0 radical (unpaired) electrons. The van der Waals surface area contributed by atoms with E-state index in [0.29, 0.717) is 25.2 Å². The summed E-state index contributed by atoms with van der Waals surface area (Å²) in [5, 5.41) is 110. The molecule has 3 aliphatic rings. The van der Waals surface area contributed by atoms with Gasteiger partial charge < -0.3 is 89.1 Å². The zero-order chi connectivity index (χ0) is 73.3. The zero-order valence-corrected chi connectivity index (χ0v) is 62.6. The van der Waals surface area contributed by atoms with Gasteiger partial charge in [0.1, 0.15) is 98.7 Å². The van der Waals surface area contributed by atoms with Crippen molar-refractivity contribution in [1.29, 1.82) is 0 Å². The van der Waals surface area contributed by atoms with Gasteiger partial charge >= 0.3 is 25.7 Å². The van der Waals surface area contributed by atoms with Crippen molar-refractivity contribution < 1.29 is 117 Å². The first-order valence-corrected chi connectivity index (χ1v) is 40.9. The number of carbonyl (C=O) groups excluding carboxylic acids is 3. The van der Waals surface area contributed by atoms with Gasteiger partial charge in [-0.15, -0.1) is 0 Å². The number of esters is 3. The molecule has 0 amide bonds. The van der Waals surface area contributed by atoms with E-state index >= 15 is 0 Å². The van der Waals surface area contributed by atoms with Crippen LogP contribution in [0.15, 0.2) is 12.2 Å². The molecule has 0 aromatic rings. The molecule has 2 heterocycles. The number of aliphatic hydroxyl groups is 10. The minimum Gasteiger partial charge on any atom is -0.463 e. The van der Waals surface area contributed by atoms with E-state index in [4.69, 9.17) is 42.2 Å². The van der Waals surface area contributed by atoms with Gasteiger partial charge in [-0.3, -0.25) is 23.4 Å². The Bertz CT molecular complexity index is 2130. The summed E-state index contributed by atoms with van der Waals surface area (Å²) in [6.07, 6.45) is 14.1. The number of hydrogen-bond donors (Lipinski definition) is 11. The third kappa shape index (κ3) is 38.8. The van der Waals surface area contributed by atoms with E-state index in [9.17, 15) is 74.9 Å². The predicted molar refractivity (Wildman–Crippen MR) is 379 cm³/mol. The van der Waals surface area contributed by atoms with Gasteiger partial charge in [0.25, 0.3) is 0 Å². The average Bonchev–Trinajstić information content (AvgIpc) is 0.762. The Kier molecular flexibility index (Phi) is 51.5. The number of phosphoric ester groups is 1. The zero-order valence-electron chi connectivity index (χ0n) is 61.7. The second-order valence-electron chi connectivity index (χ2n) is 28.7. The van der Waals surface area contributed by atoms with E-state index in [2.05, 4.69) is 39.8 Å². The lowest BCUT2D eigenvalue weighted by Crippen LogP contribution is -2.69. The molecule has 588 valence electrons. The van der Waals surface area contributed by atoms with E-state index in [1.807, 2.05) is 0 Å². The van der Waals surface area contributed by atoms with E-state index in [1.54, 1.807) is 0 Å². The van der Waals surface area contributed by atoms with Gasteiger partial charge in [-0.2, -0.15) is 0 Å². The number of allylic oxidation sites excluding steroid dienone is 2. The fourth-order valence-corrected chi connectivity index (χ4v) is 14.1. The quantitative estimate of drug-likeness (QED) is 0.00886. The van der Waals surface area contributed by atoms with E-state index < -0.39 is 156 Å². The largest absolute Gasteiger partial charge is 0.472 e. The van der Waals surface area contributed by atoms with Crippen molar-refractivity contribution in [2.75, 3.05) is 26.4 Å². The standard InChI is InChI=1S/C75H139O24P/c1-5-8-11-14-17-19-21-23-25-27-29-31-33-40-45-50-61(79)94-56(52-91-59(77)48-43-38-32-30-28-26-24-22-20-18-15-12-9-6-2)53-93-100(89,90)99-73-71(97-74-69(87)64(82)62(80)57(51-76)95-74)67(85)66(84)68(86)72(73)98-75-70(88)65(83)63(81)58(96-75)54-92-60(78)49-44-39-35-34-37-42-47-55(4)46-41-36-16-13-10-7-3/h26,28,55-58,62-76,80-88H,5-25,27,29-54H2,1-4H3,(H,89,90)/b28-26-. The summed E-state index contributed by atoms with van der Waals surface area (Å²) in [4.78, 5) is 51.1. The highest BCUT2D eigenvalue weighted by Crippen LogP contribution is 2.49. The van der Waals surface area contributed by atoms with Gasteiger partial charge in [0.2, 0.25) is 0 Å². The van der Waals surface area contributed by atoms with Gasteiger partial charge in [-0.25, -0.2) is 4.57 Å². The lowest BCUT2D eigenvalue weighted by Gasteiger charge is -2.49. The van der Waals surface area contributed by atoms with Crippen molar-refractivity contribution in [1.82, 2.24) is 0 Å². The molecule has 19 unspecified atom stereocenters. The summed E-state index contributed by atoms with van der Waals surface area (Å²) in [6, 6.07) is 0. The minimum atomic E-state index is -5.70. The van der Waals surface area contributed by atoms with Crippen LogP contribution in [0.2, 0.25) is 0 Å². The second kappa shape index (κ2) is 56.1. The van der Waals surface area contributed by atoms with Crippen LogP contribution in [0.5, 0.6) is 0 Å². The molecule has 0 bridgehead atoms. The molecular formula is C75H139O24P. The van der Waals surface area contributed by atoms with Crippen LogP contribution < -0.4 is 0 Å². The summed E-state index contributed by atoms with van der Waals surface area (Å²) >= 11 is 0. The SMILES string of the molecule is CCCCCCCCC/C=C\CCCCCC(=O)OCC(COP(=O)(O)OC1C(OC2OC(CO)C(O)C(O)C2O)C(O)C(O)C(O)C1OC1OC(COC(=O)CCCCCCCCC(C)CCCCCCCC)C(O)C(O)C1O)OC(=O)CCCCCCCCCCCCCCCCC. The first-order valence-electron chi connectivity index (χ1n) is 39.4. The normalized spacial score (nSPS) is 27.7. The lowest BCUT2D eigenvalue weighted by molar-refractivity contribution is -0.360.